The molecule has 18 heavy (non-hydrogen) atoms. The molecule has 0 aliphatic heterocycles. The Morgan fingerprint density at radius 3 is 2.50 bits per heavy atom. The van der Waals surface area contributed by atoms with Gasteiger partial charge in [-0.1, -0.05) is 11.6 Å². The van der Waals surface area contributed by atoms with E-state index in [1.165, 1.54) is 12.1 Å². The van der Waals surface area contributed by atoms with Gasteiger partial charge in [-0.25, -0.2) is 14.4 Å². The van der Waals surface area contributed by atoms with Gasteiger partial charge in [-0.15, -0.1) is 0 Å². The molecule has 0 saturated heterocycles. The summed E-state index contributed by atoms with van der Waals surface area (Å²) in [6, 6.07) is 7.70. The van der Waals surface area contributed by atoms with Gasteiger partial charge in [0.25, 0.3) is 0 Å². The lowest BCUT2D eigenvalue weighted by Crippen LogP contribution is -2.04. The molecule has 0 unspecified atom stereocenters. The number of methoxy groups -OCH3 is 1. The van der Waals surface area contributed by atoms with Gasteiger partial charge in [0.2, 0.25) is 0 Å². The van der Waals surface area contributed by atoms with Crippen LogP contribution >= 0.6 is 11.6 Å². The van der Waals surface area contributed by atoms with Gasteiger partial charge >= 0.3 is 0 Å². The quantitative estimate of drug-likeness (QED) is 0.796. The zero-order valence-electron chi connectivity index (χ0n) is 10.0. The minimum absolute atomic E-state index is 0.247. The van der Waals surface area contributed by atoms with Gasteiger partial charge in [-0.05, 0) is 31.2 Å². The molecule has 0 amide bonds. The maximum Gasteiger partial charge on any atom is 0.159 e. The fourth-order valence-corrected chi connectivity index (χ4v) is 1.68. The molecule has 1 heterocycles. The fourth-order valence-electron chi connectivity index (χ4n) is 1.49. The Bertz CT molecular complexity index is 545. The third kappa shape index (κ3) is 2.83. The second-order valence-electron chi connectivity index (χ2n) is 3.82. The first-order chi connectivity index (χ1) is 8.60. The third-order valence-corrected chi connectivity index (χ3v) is 2.76. The zero-order valence-corrected chi connectivity index (χ0v) is 10.8. The first-order valence-electron chi connectivity index (χ1n) is 5.43. The molecule has 3 nitrogen and oxygen atoms in total. The molecule has 2 aromatic rings. The van der Waals surface area contributed by atoms with E-state index in [1.807, 2.05) is 6.92 Å². The van der Waals surface area contributed by atoms with E-state index in [1.54, 1.807) is 25.3 Å². The molecular formula is C13H12ClFN2O. The van der Waals surface area contributed by atoms with Gasteiger partial charge in [0.1, 0.15) is 17.1 Å². The van der Waals surface area contributed by atoms with Crippen LogP contribution in [0.25, 0.3) is 11.3 Å². The van der Waals surface area contributed by atoms with Gasteiger partial charge in [-0.2, -0.15) is 0 Å². The number of benzene rings is 1. The monoisotopic (exact) mass is 266 g/mol. The summed E-state index contributed by atoms with van der Waals surface area (Å²) in [7, 11) is 1.58. The van der Waals surface area contributed by atoms with Gasteiger partial charge < -0.3 is 4.74 Å². The van der Waals surface area contributed by atoms with E-state index in [2.05, 4.69) is 9.97 Å². The van der Waals surface area contributed by atoms with E-state index in [0.717, 1.165) is 5.56 Å². The van der Waals surface area contributed by atoms with Gasteiger partial charge in [0.05, 0.1) is 5.69 Å². The van der Waals surface area contributed by atoms with Crippen molar-refractivity contribution in [3.63, 3.8) is 0 Å². The second kappa shape index (κ2) is 5.42. The molecule has 0 aliphatic rings. The van der Waals surface area contributed by atoms with Crippen LogP contribution in [0.2, 0.25) is 5.15 Å². The summed E-state index contributed by atoms with van der Waals surface area (Å²) in [5, 5.41) is 0.336. The summed E-state index contributed by atoms with van der Waals surface area (Å²) in [6.45, 7) is 1.83. The van der Waals surface area contributed by atoms with Gasteiger partial charge in [0, 0.05) is 18.7 Å². The van der Waals surface area contributed by atoms with Crippen molar-refractivity contribution in [1.82, 2.24) is 9.97 Å². The summed E-state index contributed by atoms with van der Waals surface area (Å²) in [4.78, 5) is 8.46. The van der Waals surface area contributed by atoms with Gasteiger partial charge in [0.15, 0.2) is 5.82 Å². The van der Waals surface area contributed by atoms with Crippen molar-refractivity contribution in [2.45, 2.75) is 13.0 Å². The molecule has 1 aromatic carbocycles. The van der Waals surface area contributed by atoms with Crippen LogP contribution in [0.4, 0.5) is 4.39 Å². The van der Waals surface area contributed by atoms with Crippen LogP contribution in [0, 0.1) is 5.82 Å². The van der Waals surface area contributed by atoms with Crippen molar-refractivity contribution in [3.05, 3.63) is 47.1 Å². The van der Waals surface area contributed by atoms with Crippen molar-refractivity contribution in [2.24, 2.45) is 0 Å². The Hall–Kier alpha value is -1.52. The van der Waals surface area contributed by atoms with Crippen molar-refractivity contribution in [3.8, 4) is 11.3 Å². The molecule has 0 N–H and O–H groups in total. The maximum absolute atomic E-state index is 12.9. The summed E-state index contributed by atoms with van der Waals surface area (Å²) >= 11 is 5.95. The smallest absolute Gasteiger partial charge is 0.159 e. The predicted molar refractivity (Wildman–Crippen MR) is 67.9 cm³/mol. The van der Waals surface area contributed by atoms with Crippen molar-refractivity contribution in [1.29, 1.82) is 0 Å². The Morgan fingerprint density at radius 1 is 1.22 bits per heavy atom. The fraction of sp³-hybridized carbons (Fsp3) is 0.231. The first-order valence-corrected chi connectivity index (χ1v) is 5.81. The number of rotatable bonds is 3. The lowest BCUT2D eigenvalue weighted by molar-refractivity contribution is 0.112. The highest BCUT2D eigenvalue weighted by molar-refractivity contribution is 6.29. The van der Waals surface area contributed by atoms with Gasteiger partial charge in [-0.3, -0.25) is 0 Å². The number of nitrogens with zero attached hydrogens (tertiary/aromatic N) is 2. The van der Waals surface area contributed by atoms with Crippen molar-refractivity contribution >= 4 is 11.6 Å². The van der Waals surface area contributed by atoms with Crippen LogP contribution in [0.15, 0.2) is 30.3 Å². The summed E-state index contributed by atoms with van der Waals surface area (Å²) in [6.07, 6.45) is -0.247. The number of halogens is 2. The van der Waals surface area contributed by atoms with E-state index in [0.29, 0.717) is 16.7 Å². The Balaban J connectivity index is 2.44. The Kier molecular flexibility index (Phi) is 3.89. The van der Waals surface area contributed by atoms with Crippen LogP contribution in [0.1, 0.15) is 18.9 Å². The number of hydrogen-bond acceptors (Lipinski definition) is 3. The normalized spacial score (nSPS) is 12.4. The average molecular weight is 267 g/mol. The maximum atomic E-state index is 12.9. The largest absolute Gasteiger partial charge is 0.374 e. The lowest BCUT2D eigenvalue weighted by atomic mass is 10.1. The first kappa shape index (κ1) is 12.9. The number of hydrogen-bond donors (Lipinski definition) is 0. The molecule has 0 bridgehead atoms. The zero-order chi connectivity index (χ0) is 13.1. The molecule has 0 fully saturated rings. The molecule has 0 radical (unpaired) electrons. The molecule has 0 saturated carbocycles. The highest BCUT2D eigenvalue weighted by Crippen LogP contribution is 2.23. The number of aromatic nitrogens is 2. The molecule has 2 rings (SSSR count). The van der Waals surface area contributed by atoms with Crippen LogP contribution < -0.4 is 0 Å². The highest BCUT2D eigenvalue weighted by atomic mass is 35.5. The van der Waals surface area contributed by atoms with Crippen LogP contribution in [0.3, 0.4) is 0 Å². The average Bonchev–Trinajstić information content (AvgIpc) is 2.38. The topological polar surface area (TPSA) is 35.0 Å². The number of ether oxygens (including phenoxy) is 1. The standard InChI is InChI=1S/C13H12ClFN2O/c1-8(18-2)13-16-11(7-12(14)17-13)9-3-5-10(15)6-4-9/h3-8H,1-2H3/t8-/m0/s1. The van der Waals surface area contributed by atoms with Crippen molar-refractivity contribution in [2.75, 3.05) is 7.11 Å². The van der Waals surface area contributed by atoms with E-state index < -0.39 is 0 Å². The van der Waals surface area contributed by atoms with Crippen LogP contribution in [-0.2, 0) is 4.74 Å². The molecule has 1 aromatic heterocycles. The molecular weight excluding hydrogens is 255 g/mol. The van der Waals surface area contributed by atoms with Crippen LogP contribution in [0.5, 0.6) is 0 Å². The minimum Gasteiger partial charge on any atom is -0.374 e. The molecule has 5 heteroatoms. The predicted octanol–water partition coefficient (Wildman–Crippen LogP) is 3.64. The van der Waals surface area contributed by atoms with E-state index in [9.17, 15) is 4.39 Å². The highest BCUT2D eigenvalue weighted by Gasteiger charge is 2.11. The summed E-state index contributed by atoms with van der Waals surface area (Å²) in [5.74, 6) is 0.216. The lowest BCUT2D eigenvalue weighted by Gasteiger charge is -2.10. The Labute approximate surface area is 110 Å². The molecule has 94 valence electrons. The SMILES string of the molecule is CO[C@@H](C)c1nc(Cl)cc(-c2ccc(F)cc2)n1. The molecule has 0 spiro atoms. The van der Waals surface area contributed by atoms with E-state index in [-0.39, 0.29) is 11.9 Å². The molecule has 1 atom stereocenters. The van der Waals surface area contributed by atoms with Crippen LogP contribution in [-0.4, -0.2) is 17.1 Å². The minimum atomic E-state index is -0.288. The molecule has 0 aliphatic carbocycles. The third-order valence-electron chi connectivity index (χ3n) is 2.57. The summed E-state index contributed by atoms with van der Waals surface area (Å²) < 4.78 is 18.0. The van der Waals surface area contributed by atoms with E-state index in [4.69, 9.17) is 16.3 Å². The second-order valence-corrected chi connectivity index (χ2v) is 4.21. The van der Waals surface area contributed by atoms with Crippen molar-refractivity contribution < 1.29 is 9.13 Å². The van der Waals surface area contributed by atoms with E-state index >= 15 is 0 Å². The summed E-state index contributed by atoms with van der Waals surface area (Å²) in [5.41, 5.74) is 1.43. The Morgan fingerprint density at radius 2 is 1.89 bits per heavy atom.